The van der Waals surface area contributed by atoms with Crippen molar-refractivity contribution in [1.29, 1.82) is 0 Å². The number of carbonyl (C=O) groups is 1. The van der Waals surface area contributed by atoms with Gasteiger partial charge in [0.25, 0.3) is 0 Å². The molecule has 1 aliphatic heterocycles. The quantitative estimate of drug-likeness (QED) is 0.695. The van der Waals surface area contributed by atoms with E-state index in [0.717, 1.165) is 24.2 Å². The average molecular weight is 364 g/mol. The van der Waals surface area contributed by atoms with E-state index in [-0.39, 0.29) is 11.3 Å². The third-order valence-electron chi connectivity index (χ3n) is 4.29. The van der Waals surface area contributed by atoms with Crippen molar-refractivity contribution in [2.75, 3.05) is 10.7 Å². The zero-order valence-corrected chi connectivity index (χ0v) is 15.8. The van der Waals surface area contributed by atoms with E-state index in [2.05, 4.69) is 31.0 Å². The number of amidine groups is 1. The Balaban J connectivity index is 1.84. The van der Waals surface area contributed by atoms with Gasteiger partial charge in [-0.1, -0.05) is 44.1 Å². The first-order valence-electron chi connectivity index (χ1n) is 8.19. The molecule has 1 atom stereocenters. The Bertz CT molecular complexity index is 697. The summed E-state index contributed by atoms with van der Waals surface area (Å²) in [6, 6.07) is 7.23. The Hall–Kier alpha value is -1.33. The zero-order chi connectivity index (χ0) is 17.3. The van der Waals surface area contributed by atoms with Crippen molar-refractivity contribution in [3.63, 3.8) is 0 Å². The largest absolute Gasteiger partial charge is 0.273 e. The standard InChI is InChI=1S/C18H22ClN3OS/c1-12-8-14(10-18(2,3)9-12)20-21-17-22(16(23)11-24-17)15-6-4-13(19)5-7-15/h4-7,12H,8-11H2,1-3H3/b20-14+,21-17+/t12-/m0/s1. The van der Waals surface area contributed by atoms with Crippen LogP contribution >= 0.6 is 23.4 Å². The Morgan fingerprint density at radius 2 is 1.96 bits per heavy atom. The van der Waals surface area contributed by atoms with Crippen molar-refractivity contribution >= 4 is 45.8 Å². The summed E-state index contributed by atoms with van der Waals surface area (Å²) in [7, 11) is 0. The number of hydrogen-bond acceptors (Lipinski definition) is 4. The smallest absolute Gasteiger partial charge is 0.243 e. The van der Waals surface area contributed by atoms with Crippen LogP contribution in [-0.2, 0) is 4.79 Å². The van der Waals surface area contributed by atoms with E-state index in [1.54, 1.807) is 17.0 Å². The molecule has 1 aromatic rings. The maximum absolute atomic E-state index is 12.2. The summed E-state index contributed by atoms with van der Waals surface area (Å²) in [4.78, 5) is 13.8. The summed E-state index contributed by atoms with van der Waals surface area (Å²) in [6.45, 7) is 6.82. The molecular weight excluding hydrogens is 342 g/mol. The molecule has 6 heteroatoms. The fourth-order valence-electron chi connectivity index (χ4n) is 3.58. The molecule has 1 heterocycles. The molecule has 3 rings (SSSR count). The van der Waals surface area contributed by atoms with E-state index < -0.39 is 0 Å². The molecule has 0 bridgehead atoms. The molecule has 4 nitrogen and oxygen atoms in total. The summed E-state index contributed by atoms with van der Waals surface area (Å²) in [5.74, 6) is 1.05. The third kappa shape index (κ3) is 4.01. The van der Waals surface area contributed by atoms with E-state index in [9.17, 15) is 4.79 Å². The second-order valence-electron chi connectivity index (χ2n) is 7.40. The van der Waals surface area contributed by atoms with Gasteiger partial charge in [-0.15, -0.1) is 5.10 Å². The minimum atomic E-state index is 0.0265. The first-order chi connectivity index (χ1) is 11.3. The van der Waals surface area contributed by atoms with Crippen LogP contribution < -0.4 is 4.90 Å². The van der Waals surface area contributed by atoms with Crippen molar-refractivity contribution < 1.29 is 4.79 Å². The molecule has 2 fully saturated rings. The van der Waals surface area contributed by atoms with Gasteiger partial charge in [0.1, 0.15) is 0 Å². The van der Waals surface area contributed by atoms with Crippen LogP contribution in [-0.4, -0.2) is 22.5 Å². The highest BCUT2D eigenvalue weighted by Gasteiger charge is 2.31. The second-order valence-corrected chi connectivity index (χ2v) is 8.78. The van der Waals surface area contributed by atoms with Crippen LogP contribution in [0.15, 0.2) is 34.5 Å². The molecular formula is C18H22ClN3OS. The van der Waals surface area contributed by atoms with E-state index in [1.165, 1.54) is 18.2 Å². The van der Waals surface area contributed by atoms with Crippen molar-refractivity contribution in [2.24, 2.45) is 21.5 Å². The number of hydrogen-bond donors (Lipinski definition) is 0. The van der Waals surface area contributed by atoms with Crippen molar-refractivity contribution in [3.05, 3.63) is 29.3 Å². The first-order valence-corrected chi connectivity index (χ1v) is 9.55. The summed E-state index contributed by atoms with van der Waals surface area (Å²) in [6.07, 6.45) is 3.17. The highest BCUT2D eigenvalue weighted by molar-refractivity contribution is 8.15. The lowest BCUT2D eigenvalue weighted by atomic mass is 9.72. The molecule has 128 valence electrons. The monoisotopic (exact) mass is 363 g/mol. The number of halogens is 1. The van der Waals surface area contributed by atoms with Gasteiger partial charge in [0, 0.05) is 10.7 Å². The summed E-state index contributed by atoms with van der Waals surface area (Å²) >= 11 is 7.37. The van der Waals surface area contributed by atoms with Gasteiger partial charge < -0.3 is 0 Å². The molecule has 0 radical (unpaired) electrons. The molecule has 1 saturated carbocycles. The van der Waals surface area contributed by atoms with E-state index in [1.807, 2.05) is 12.1 Å². The highest BCUT2D eigenvalue weighted by Crippen LogP contribution is 2.37. The van der Waals surface area contributed by atoms with Gasteiger partial charge in [-0.05, 0) is 54.9 Å². The summed E-state index contributed by atoms with van der Waals surface area (Å²) in [5.41, 5.74) is 2.18. The van der Waals surface area contributed by atoms with Crippen LogP contribution in [0.3, 0.4) is 0 Å². The number of nitrogens with zero attached hydrogens (tertiary/aromatic N) is 3. The van der Waals surface area contributed by atoms with Gasteiger partial charge in [-0.2, -0.15) is 5.10 Å². The van der Waals surface area contributed by atoms with Gasteiger partial charge in [0.05, 0.1) is 11.4 Å². The van der Waals surface area contributed by atoms with Gasteiger partial charge in [0.15, 0.2) is 5.17 Å². The van der Waals surface area contributed by atoms with Crippen LogP contribution in [0.2, 0.25) is 5.02 Å². The lowest BCUT2D eigenvalue weighted by Crippen LogP contribution is -2.29. The number of thioether (sulfide) groups is 1. The van der Waals surface area contributed by atoms with Crippen molar-refractivity contribution in [1.82, 2.24) is 0 Å². The van der Waals surface area contributed by atoms with Gasteiger partial charge in [-0.3, -0.25) is 9.69 Å². The molecule has 0 spiro atoms. The minimum absolute atomic E-state index is 0.0265. The predicted octanol–water partition coefficient (Wildman–Crippen LogP) is 4.98. The molecule has 0 unspecified atom stereocenters. The van der Waals surface area contributed by atoms with Crippen LogP contribution in [0.5, 0.6) is 0 Å². The van der Waals surface area contributed by atoms with Crippen LogP contribution in [0.4, 0.5) is 5.69 Å². The summed E-state index contributed by atoms with van der Waals surface area (Å²) in [5, 5.41) is 10.2. The van der Waals surface area contributed by atoms with Gasteiger partial charge in [0.2, 0.25) is 5.91 Å². The number of benzene rings is 1. The maximum Gasteiger partial charge on any atom is 0.243 e. The third-order valence-corrected chi connectivity index (χ3v) is 5.46. The lowest BCUT2D eigenvalue weighted by molar-refractivity contribution is -0.115. The SMILES string of the molecule is C[C@H]1C/C(=N\N=C2\SCC(=O)N2c2ccc(Cl)cc2)CC(C)(C)C1. The molecule has 0 aromatic heterocycles. The molecule has 1 aliphatic carbocycles. The summed E-state index contributed by atoms with van der Waals surface area (Å²) < 4.78 is 0. The Morgan fingerprint density at radius 1 is 1.25 bits per heavy atom. The highest BCUT2D eigenvalue weighted by atomic mass is 35.5. The maximum atomic E-state index is 12.2. The van der Waals surface area contributed by atoms with E-state index in [0.29, 0.717) is 21.9 Å². The molecule has 0 N–H and O–H groups in total. The minimum Gasteiger partial charge on any atom is -0.273 e. The number of amides is 1. The van der Waals surface area contributed by atoms with Crippen molar-refractivity contribution in [2.45, 2.75) is 40.0 Å². The first kappa shape index (κ1) is 17.5. The van der Waals surface area contributed by atoms with E-state index >= 15 is 0 Å². The normalized spacial score (nSPS) is 27.2. The number of rotatable bonds is 2. The predicted molar refractivity (Wildman–Crippen MR) is 103 cm³/mol. The molecule has 2 aliphatic rings. The average Bonchev–Trinajstić information content (AvgIpc) is 2.85. The van der Waals surface area contributed by atoms with E-state index in [4.69, 9.17) is 11.6 Å². The molecule has 24 heavy (non-hydrogen) atoms. The fraction of sp³-hybridized carbons (Fsp3) is 0.500. The van der Waals surface area contributed by atoms with Crippen LogP contribution in [0.1, 0.15) is 40.0 Å². The van der Waals surface area contributed by atoms with Crippen LogP contribution in [0.25, 0.3) is 0 Å². The van der Waals surface area contributed by atoms with Crippen molar-refractivity contribution in [3.8, 4) is 0 Å². The lowest BCUT2D eigenvalue weighted by Gasteiger charge is -2.34. The molecule has 1 saturated heterocycles. The second kappa shape index (κ2) is 6.89. The Labute approximate surface area is 152 Å². The topological polar surface area (TPSA) is 45.0 Å². The van der Waals surface area contributed by atoms with Gasteiger partial charge >= 0.3 is 0 Å². The molecule has 1 amide bonds. The Morgan fingerprint density at radius 3 is 2.62 bits per heavy atom. The number of anilines is 1. The van der Waals surface area contributed by atoms with Crippen LogP contribution in [0, 0.1) is 11.3 Å². The van der Waals surface area contributed by atoms with Gasteiger partial charge in [-0.25, -0.2) is 0 Å². The fourth-order valence-corrected chi connectivity index (χ4v) is 4.53. The zero-order valence-electron chi connectivity index (χ0n) is 14.3. The molecule has 1 aromatic carbocycles. The Kier molecular flexibility index (Phi) is 5.02. The number of carbonyl (C=O) groups excluding carboxylic acids is 1.